The Morgan fingerprint density at radius 1 is 1.09 bits per heavy atom. The SMILES string of the molecule is CCOc1ccc(S(=O)(=O)Nc2ccc(NC3CC3)nn2)cc1. The van der Waals surface area contributed by atoms with Gasteiger partial charge < -0.3 is 10.1 Å². The number of rotatable bonds is 7. The molecule has 0 radical (unpaired) electrons. The van der Waals surface area contributed by atoms with Crippen LogP contribution in [-0.2, 0) is 10.0 Å². The molecule has 1 heterocycles. The zero-order chi connectivity index (χ0) is 16.3. The van der Waals surface area contributed by atoms with Crippen LogP contribution in [0.4, 0.5) is 11.6 Å². The molecule has 8 heteroatoms. The second kappa shape index (κ2) is 6.41. The van der Waals surface area contributed by atoms with E-state index in [1.165, 1.54) is 12.1 Å². The largest absolute Gasteiger partial charge is 0.494 e. The first-order valence-corrected chi connectivity index (χ1v) is 8.91. The van der Waals surface area contributed by atoms with Crippen molar-refractivity contribution in [3.63, 3.8) is 0 Å². The van der Waals surface area contributed by atoms with Crippen molar-refractivity contribution < 1.29 is 13.2 Å². The Hall–Kier alpha value is -2.35. The Kier molecular flexibility index (Phi) is 4.33. The fourth-order valence-electron chi connectivity index (χ4n) is 1.98. The highest BCUT2D eigenvalue weighted by Gasteiger charge is 2.21. The van der Waals surface area contributed by atoms with Crippen molar-refractivity contribution in [2.75, 3.05) is 16.6 Å². The van der Waals surface area contributed by atoms with Crippen LogP contribution in [0.25, 0.3) is 0 Å². The van der Waals surface area contributed by atoms with Crippen LogP contribution < -0.4 is 14.8 Å². The van der Waals surface area contributed by atoms with Crippen LogP contribution in [0.3, 0.4) is 0 Å². The van der Waals surface area contributed by atoms with Gasteiger partial charge in [-0.05, 0) is 56.2 Å². The van der Waals surface area contributed by atoms with Gasteiger partial charge in [0.05, 0.1) is 11.5 Å². The molecule has 0 bridgehead atoms. The smallest absolute Gasteiger partial charge is 0.263 e. The molecule has 3 rings (SSSR count). The van der Waals surface area contributed by atoms with Crippen LogP contribution in [0, 0.1) is 0 Å². The lowest BCUT2D eigenvalue weighted by atomic mass is 10.3. The molecular weight excluding hydrogens is 316 g/mol. The van der Waals surface area contributed by atoms with E-state index in [9.17, 15) is 8.42 Å². The molecule has 23 heavy (non-hydrogen) atoms. The van der Waals surface area contributed by atoms with Crippen molar-refractivity contribution in [1.29, 1.82) is 0 Å². The van der Waals surface area contributed by atoms with E-state index >= 15 is 0 Å². The van der Waals surface area contributed by atoms with E-state index in [-0.39, 0.29) is 10.7 Å². The lowest BCUT2D eigenvalue weighted by Crippen LogP contribution is -2.14. The van der Waals surface area contributed by atoms with Crippen molar-refractivity contribution in [1.82, 2.24) is 10.2 Å². The maximum Gasteiger partial charge on any atom is 0.263 e. The lowest BCUT2D eigenvalue weighted by Gasteiger charge is -2.09. The summed E-state index contributed by atoms with van der Waals surface area (Å²) in [5.74, 6) is 1.46. The topological polar surface area (TPSA) is 93.2 Å². The Morgan fingerprint density at radius 3 is 2.30 bits per heavy atom. The monoisotopic (exact) mass is 334 g/mol. The summed E-state index contributed by atoms with van der Waals surface area (Å²) < 4.78 is 32.3. The van der Waals surface area contributed by atoms with Gasteiger partial charge in [0.25, 0.3) is 10.0 Å². The normalized spacial score (nSPS) is 14.3. The zero-order valence-electron chi connectivity index (χ0n) is 12.7. The standard InChI is InChI=1S/C15H18N4O3S/c1-2-22-12-5-7-13(8-6-12)23(20,21)19-15-10-9-14(17-18-15)16-11-3-4-11/h5-11H,2-4H2,1H3,(H,16,17)(H,18,19). The van der Waals surface area contributed by atoms with Crippen LogP contribution in [0.5, 0.6) is 5.75 Å². The van der Waals surface area contributed by atoms with Crippen LogP contribution in [0.2, 0.25) is 0 Å². The molecule has 1 fully saturated rings. The number of aromatic nitrogens is 2. The highest BCUT2D eigenvalue weighted by molar-refractivity contribution is 7.92. The average Bonchev–Trinajstić information content (AvgIpc) is 3.34. The summed E-state index contributed by atoms with van der Waals surface area (Å²) in [7, 11) is -3.70. The molecule has 0 atom stereocenters. The number of benzene rings is 1. The highest BCUT2D eigenvalue weighted by Crippen LogP contribution is 2.24. The molecule has 1 aliphatic carbocycles. The molecule has 0 spiro atoms. The summed E-state index contributed by atoms with van der Waals surface area (Å²) in [6, 6.07) is 9.98. The Morgan fingerprint density at radius 2 is 1.74 bits per heavy atom. The molecule has 1 saturated carbocycles. The molecular formula is C15H18N4O3S. The first-order valence-electron chi connectivity index (χ1n) is 7.43. The van der Waals surface area contributed by atoms with E-state index in [4.69, 9.17) is 4.74 Å². The van der Waals surface area contributed by atoms with Gasteiger partial charge in [0.2, 0.25) is 0 Å². The summed E-state index contributed by atoms with van der Waals surface area (Å²) in [5, 5.41) is 11.0. The molecule has 122 valence electrons. The zero-order valence-corrected chi connectivity index (χ0v) is 13.5. The summed E-state index contributed by atoms with van der Waals surface area (Å²) >= 11 is 0. The minimum Gasteiger partial charge on any atom is -0.494 e. The summed E-state index contributed by atoms with van der Waals surface area (Å²) in [6.07, 6.45) is 2.27. The molecule has 2 N–H and O–H groups in total. The van der Waals surface area contributed by atoms with E-state index < -0.39 is 10.0 Å². The molecule has 1 aromatic carbocycles. The Labute approximate surface area is 135 Å². The Bertz CT molecular complexity index is 756. The summed E-state index contributed by atoms with van der Waals surface area (Å²) in [4.78, 5) is 0.142. The predicted molar refractivity (Wildman–Crippen MR) is 87.1 cm³/mol. The minimum atomic E-state index is -3.70. The van der Waals surface area contributed by atoms with E-state index in [0.29, 0.717) is 24.2 Å². The second-order valence-electron chi connectivity index (χ2n) is 5.23. The van der Waals surface area contributed by atoms with Gasteiger partial charge in [0, 0.05) is 6.04 Å². The van der Waals surface area contributed by atoms with Crippen molar-refractivity contribution >= 4 is 21.7 Å². The van der Waals surface area contributed by atoms with Crippen LogP contribution in [-0.4, -0.2) is 31.3 Å². The first-order chi connectivity index (χ1) is 11.1. The van der Waals surface area contributed by atoms with Crippen molar-refractivity contribution in [2.24, 2.45) is 0 Å². The van der Waals surface area contributed by atoms with Gasteiger partial charge in [-0.1, -0.05) is 0 Å². The van der Waals surface area contributed by atoms with Gasteiger partial charge >= 0.3 is 0 Å². The molecule has 0 unspecified atom stereocenters. The number of nitrogens with one attached hydrogen (secondary N) is 2. The van der Waals surface area contributed by atoms with Gasteiger partial charge in [-0.2, -0.15) is 0 Å². The molecule has 0 amide bonds. The van der Waals surface area contributed by atoms with Gasteiger partial charge in [-0.15, -0.1) is 10.2 Å². The van der Waals surface area contributed by atoms with Gasteiger partial charge in [0.15, 0.2) is 5.82 Å². The molecule has 0 saturated heterocycles. The van der Waals surface area contributed by atoms with Crippen LogP contribution >= 0.6 is 0 Å². The van der Waals surface area contributed by atoms with E-state index in [2.05, 4.69) is 20.2 Å². The highest BCUT2D eigenvalue weighted by atomic mass is 32.2. The second-order valence-corrected chi connectivity index (χ2v) is 6.91. The summed E-state index contributed by atoms with van der Waals surface area (Å²) in [6.45, 7) is 2.40. The maximum atomic E-state index is 12.3. The third kappa shape index (κ3) is 4.10. The van der Waals surface area contributed by atoms with E-state index in [1.54, 1.807) is 24.3 Å². The van der Waals surface area contributed by atoms with Gasteiger partial charge in [0.1, 0.15) is 11.6 Å². The Balaban J connectivity index is 1.69. The van der Waals surface area contributed by atoms with Crippen molar-refractivity contribution in [3.05, 3.63) is 36.4 Å². The number of nitrogens with zero attached hydrogens (tertiary/aromatic N) is 2. The van der Waals surface area contributed by atoms with Crippen LogP contribution in [0.1, 0.15) is 19.8 Å². The maximum absolute atomic E-state index is 12.3. The molecule has 2 aromatic rings. The van der Waals surface area contributed by atoms with Gasteiger partial charge in [-0.25, -0.2) is 8.42 Å². The van der Waals surface area contributed by atoms with Crippen molar-refractivity contribution in [2.45, 2.75) is 30.7 Å². The van der Waals surface area contributed by atoms with Crippen molar-refractivity contribution in [3.8, 4) is 5.75 Å². The fraction of sp³-hybridized carbons (Fsp3) is 0.333. The number of ether oxygens (including phenoxy) is 1. The first kappa shape index (κ1) is 15.5. The van der Waals surface area contributed by atoms with Gasteiger partial charge in [-0.3, -0.25) is 4.72 Å². The number of hydrogen-bond acceptors (Lipinski definition) is 6. The molecule has 1 aliphatic rings. The fourth-order valence-corrected chi connectivity index (χ4v) is 2.98. The lowest BCUT2D eigenvalue weighted by molar-refractivity contribution is 0.340. The number of anilines is 2. The molecule has 1 aromatic heterocycles. The van der Waals surface area contributed by atoms with E-state index in [0.717, 1.165) is 12.8 Å². The third-order valence-corrected chi connectivity index (χ3v) is 4.65. The predicted octanol–water partition coefficient (Wildman–Crippen LogP) is 2.25. The summed E-state index contributed by atoms with van der Waals surface area (Å²) in [5.41, 5.74) is 0. The van der Waals surface area contributed by atoms with Crippen LogP contribution in [0.15, 0.2) is 41.3 Å². The molecule has 7 nitrogen and oxygen atoms in total. The number of sulfonamides is 1. The third-order valence-electron chi connectivity index (χ3n) is 3.28. The van der Waals surface area contributed by atoms with E-state index in [1.807, 2.05) is 6.92 Å². The average molecular weight is 334 g/mol. The quantitative estimate of drug-likeness (QED) is 0.807. The minimum absolute atomic E-state index is 0.142. The molecule has 0 aliphatic heterocycles. The number of hydrogen-bond donors (Lipinski definition) is 2.